The Morgan fingerprint density at radius 2 is 1.90 bits per heavy atom. The molecule has 0 radical (unpaired) electrons. The molecule has 2 aliphatic rings. The molecule has 2 fully saturated rings. The van der Waals surface area contributed by atoms with E-state index in [9.17, 15) is 0 Å². The molecule has 0 spiro atoms. The number of nitrogens with zero attached hydrogens (tertiary/aromatic N) is 3. The first-order chi connectivity index (χ1) is 9.88. The van der Waals surface area contributed by atoms with Crippen molar-refractivity contribution in [2.24, 2.45) is 11.8 Å². The van der Waals surface area contributed by atoms with Gasteiger partial charge >= 0.3 is 0 Å². The lowest BCUT2D eigenvalue weighted by molar-refractivity contribution is 0.291. The predicted octanol–water partition coefficient (Wildman–Crippen LogP) is 1.39. The minimum atomic E-state index is 0.613. The molecule has 0 bridgehead atoms. The van der Waals surface area contributed by atoms with E-state index in [-0.39, 0.29) is 0 Å². The number of fused-ring (bicyclic) bond motifs is 1. The SMILES string of the molecule is c1ccc(-c2nc(CN3C[C@H]4CNC[C@H]4C3)no2)cc1. The standard InChI is InChI=1S/C15H18N4O/c1-2-4-11(5-3-1)15-17-14(18-20-15)10-19-8-12-6-16-7-13(12)9-19/h1-5,12-13,16H,6-10H2/t12-,13+. The van der Waals surface area contributed by atoms with Crippen LogP contribution in [-0.4, -0.2) is 41.2 Å². The van der Waals surface area contributed by atoms with Crippen LogP contribution in [0.1, 0.15) is 5.82 Å². The molecule has 5 heteroatoms. The van der Waals surface area contributed by atoms with E-state index in [1.807, 2.05) is 30.3 Å². The highest BCUT2D eigenvalue weighted by atomic mass is 16.5. The van der Waals surface area contributed by atoms with Crippen molar-refractivity contribution in [3.63, 3.8) is 0 Å². The number of nitrogens with one attached hydrogen (secondary N) is 1. The Bertz CT molecular complexity index is 571. The van der Waals surface area contributed by atoms with Crippen molar-refractivity contribution in [3.8, 4) is 11.5 Å². The van der Waals surface area contributed by atoms with E-state index in [2.05, 4.69) is 20.4 Å². The topological polar surface area (TPSA) is 54.2 Å². The van der Waals surface area contributed by atoms with Gasteiger partial charge in [0.1, 0.15) is 0 Å². The van der Waals surface area contributed by atoms with E-state index < -0.39 is 0 Å². The van der Waals surface area contributed by atoms with Crippen LogP contribution in [0.15, 0.2) is 34.9 Å². The minimum Gasteiger partial charge on any atom is -0.334 e. The maximum atomic E-state index is 5.35. The summed E-state index contributed by atoms with van der Waals surface area (Å²) < 4.78 is 5.35. The quantitative estimate of drug-likeness (QED) is 0.913. The van der Waals surface area contributed by atoms with Gasteiger partial charge in [-0.15, -0.1) is 0 Å². The van der Waals surface area contributed by atoms with E-state index in [1.165, 1.54) is 0 Å². The first kappa shape index (κ1) is 12.1. The average Bonchev–Trinajstić information content (AvgIpc) is 3.16. The molecule has 2 atom stereocenters. The number of hydrogen-bond acceptors (Lipinski definition) is 5. The van der Waals surface area contributed by atoms with Gasteiger partial charge in [0.25, 0.3) is 5.89 Å². The van der Waals surface area contributed by atoms with Crippen molar-refractivity contribution in [2.75, 3.05) is 26.2 Å². The van der Waals surface area contributed by atoms with Crippen LogP contribution in [0.25, 0.3) is 11.5 Å². The lowest BCUT2D eigenvalue weighted by atomic mass is 10.0. The fourth-order valence-electron chi connectivity index (χ4n) is 3.30. The fraction of sp³-hybridized carbons (Fsp3) is 0.467. The smallest absolute Gasteiger partial charge is 0.257 e. The van der Waals surface area contributed by atoms with Crippen molar-refractivity contribution in [3.05, 3.63) is 36.2 Å². The molecule has 0 saturated carbocycles. The highest BCUT2D eigenvalue weighted by molar-refractivity contribution is 5.51. The molecule has 2 aliphatic heterocycles. The van der Waals surface area contributed by atoms with Gasteiger partial charge in [0.15, 0.2) is 5.82 Å². The van der Waals surface area contributed by atoms with Crippen molar-refractivity contribution in [1.82, 2.24) is 20.4 Å². The summed E-state index contributed by atoms with van der Waals surface area (Å²) in [7, 11) is 0. The second kappa shape index (κ2) is 5.00. The maximum Gasteiger partial charge on any atom is 0.257 e. The Morgan fingerprint density at radius 3 is 2.65 bits per heavy atom. The van der Waals surface area contributed by atoms with E-state index >= 15 is 0 Å². The summed E-state index contributed by atoms with van der Waals surface area (Å²) in [4.78, 5) is 6.94. The molecule has 104 valence electrons. The van der Waals surface area contributed by atoms with Crippen LogP contribution in [0.4, 0.5) is 0 Å². The molecule has 0 unspecified atom stereocenters. The summed E-state index contributed by atoms with van der Waals surface area (Å²) in [6.45, 7) is 5.40. The van der Waals surface area contributed by atoms with Gasteiger partial charge in [-0.2, -0.15) is 4.98 Å². The molecule has 0 aliphatic carbocycles. The van der Waals surface area contributed by atoms with Gasteiger partial charge < -0.3 is 9.84 Å². The van der Waals surface area contributed by atoms with Gasteiger partial charge in [-0.05, 0) is 37.1 Å². The van der Waals surface area contributed by atoms with Crippen molar-refractivity contribution < 1.29 is 4.52 Å². The molecule has 0 amide bonds. The molecule has 5 nitrogen and oxygen atoms in total. The van der Waals surface area contributed by atoms with Crippen LogP contribution < -0.4 is 5.32 Å². The van der Waals surface area contributed by atoms with E-state index in [0.29, 0.717) is 5.89 Å². The van der Waals surface area contributed by atoms with Crippen molar-refractivity contribution in [2.45, 2.75) is 6.54 Å². The highest BCUT2D eigenvalue weighted by Gasteiger charge is 2.36. The van der Waals surface area contributed by atoms with E-state index in [4.69, 9.17) is 4.52 Å². The Morgan fingerprint density at radius 1 is 1.15 bits per heavy atom. The summed E-state index contributed by atoms with van der Waals surface area (Å²) >= 11 is 0. The third-order valence-corrected chi connectivity index (χ3v) is 4.32. The monoisotopic (exact) mass is 270 g/mol. The van der Waals surface area contributed by atoms with Crippen molar-refractivity contribution in [1.29, 1.82) is 0 Å². The van der Waals surface area contributed by atoms with E-state index in [1.54, 1.807) is 0 Å². The summed E-state index contributed by atoms with van der Waals surface area (Å²) in [5, 5.41) is 7.56. The number of likely N-dealkylation sites (tertiary alicyclic amines) is 1. The zero-order chi connectivity index (χ0) is 13.4. The first-order valence-corrected chi connectivity index (χ1v) is 7.19. The Hall–Kier alpha value is -1.72. The summed E-state index contributed by atoms with van der Waals surface area (Å²) in [5.41, 5.74) is 0.980. The number of benzene rings is 1. The van der Waals surface area contributed by atoms with E-state index in [0.717, 1.165) is 55.9 Å². The summed E-state index contributed by atoms with van der Waals surface area (Å²) in [6.07, 6.45) is 0. The maximum absolute atomic E-state index is 5.35. The van der Waals surface area contributed by atoms with Crippen LogP contribution in [0, 0.1) is 11.8 Å². The molecule has 20 heavy (non-hydrogen) atoms. The molecule has 1 N–H and O–H groups in total. The number of rotatable bonds is 3. The van der Waals surface area contributed by atoms with Gasteiger partial charge in [-0.3, -0.25) is 4.90 Å². The largest absolute Gasteiger partial charge is 0.334 e. The Labute approximate surface area is 118 Å². The Balaban J connectivity index is 1.44. The summed E-state index contributed by atoms with van der Waals surface area (Å²) in [6, 6.07) is 9.92. The third-order valence-electron chi connectivity index (χ3n) is 4.32. The van der Waals surface area contributed by atoms with Crippen LogP contribution in [0.5, 0.6) is 0 Å². The molecule has 2 aromatic rings. The molecule has 4 rings (SSSR count). The highest BCUT2D eigenvalue weighted by Crippen LogP contribution is 2.27. The lowest BCUT2D eigenvalue weighted by Gasteiger charge is -2.13. The molecule has 2 saturated heterocycles. The first-order valence-electron chi connectivity index (χ1n) is 7.19. The molecule has 1 aromatic carbocycles. The zero-order valence-electron chi connectivity index (χ0n) is 11.3. The molecule has 3 heterocycles. The third kappa shape index (κ3) is 2.23. The van der Waals surface area contributed by atoms with Crippen molar-refractivity contribution >= 4 is 0 Å². The fourth-order valence-corrected chi connectivity index (χ4v) is 3.30. The van der Waals surface area contributed by atoms with Gasteiger partial charge in [0.05, 0.1) is 6.54 Å². The minimum absolute atomic E-state index is 0.613. The molecule has 1 aromatic heterocycles. The number of hydrogen-bond donors (Lipinski definition) is 1. The number of aromatic nitrogens is 2. The normalized spacial score (nSPS) is 26.0. The average molecular weight is 270 g/mol. The van der Waals surface area contributed by atoms with Gasteiger partial charge in [-0.1, -0.05) is 23.4 Å². The lowest BCUT2D eigenvalue weighted by Crippen LogP contribution is -2.25. The zero-order valence-corrected chi connectivity index (χ0v) is 11.3. The van der Waals surface area contributed by atoms with Gasteiger partial charge in [0, 0.05) is 18.7 Å². The summed E-state index contributed by atoms with van der Waals surface area (Å²) in [5.74, 6) is 3.00. The Kier molecular flexibility index (Phi) is 3.01. The van der Waals surface area contributed by atoms with Gasteiger partial charge in [0.2, 0.25) is 0 Å². The van der Waals surface area contributed by atoms with Crippen LogP contribution in [-0.2, 0) is 6.54 Å². The predicted molar refractivity (Wildman–Crippen MR) is 74.9 cm³/mol. The van der Waals surface area contributed by atoms with Crippen LogP contribution in [0.2, 0.25) is 0 Å². The second-order valence-electron chi connectivity index (χ2n) is 5.75. The van der Waals surface area contributed by atoms with Crippen LogP contribution >= 0.6 is 0 Å². The second-order valence-corrected chi connectivity index (χ2v) is 5.75. The van der Waals surface area contributed by atoms with Gasteiger partial charge in [-0.25, -0.2) is 0 Å². The molecular formula is C15H18N4O. The molecular weight excluding hydrogens is 252 g/mol. The van der Waals surface area contributed by atoms with Crippen LogP contribution in [0.3, 0.4) is 0 Å².